The first-order valence-electron chi connectivity index (χ1n) is 3.25. The predicted molar refractivity (Wildman–Crippen MR) is 45.0 cm³/mol. The van der Waals surface area contributed by atoms with Crippen molar-refractivity contribution in [2.45, 2.75) is 11.4 Å². The third-order valence-corrected chi connectivity index (χ3v) is 1.64. The SMILES string of the molecule is OC(Br)Cc1ccc(F)cc1. The molecular formula is C8H8BrFO. The fraction of sp³-hybridized carbons (Fsp3) is 0.250. The van der Waals surface area contributed by atoms with Gasteiger partial charge < -0.3 is 5.11 Å². The summed E-state index contributed by atoms with van der Waals surface area (Å²) >= 11 is 2.99. The van der Waals surface area contributed by atoms with Gasteiger partial charge in [-0.1, -0.05) is 28.1 Å². The quantitative estimate of drug-likeness (QED) is 0.755. The zero-order valence-corrected chi connectivity index (χ0v) is 7.38. The average Bonchev–Trinajstić information content (AvgIpc) is 1.93. The van der Waals surface area contributed by atoms with Gasteiger partial charge in [-0.2, -0.15) is 0 Å². The monoisotopic (exact) mass is 218 g/mol. The van der Waals surface area contributed by atoms with Gasteiger partial charge in [0.15, 0.2) is 0 Å². The van der Waals surface area contributed by atoms with E-state index in [2.05, 4.69) is 15.9 Å². The lowest BCUT2D eigenvalue weighted by atomic mass is 10.2. The second-order valence-electron chi connectivity index (χ2n) is 2.27. The number of rotatable bonds is 2. The van der Waals surface area contributed by atoms with Crippen LogP contribution >= 0.6 is 15.9 Å². The second kappa shape index (κ2) is 3.83. The van der Waals surface area contributed by atoms with Crippen LogP contribution in [0.2, 0.25) is 0 Å². The number of benzene rings is 1. The highest BCUT2D eigenvalue weighted by molar-refractivity contribution is 9.09. The molecule has 0 saturated carbocycles. The molecule has 3 heteroatoms. The van der Waals surface area contributed by atoms with Crippen molar-refractivity contribution in [2.24, 2.45) is 0 Å². The van der Waals surface area contributed by atoms with Gasteiger partial charge in [0, 0.05) is 6.42 Å². The van der Waals surface area contributed by atoms with Gasteiger partial charge in [0.1, 0.15) is 10.8 Å². The van der Waals surface area contributed by atoms with E-state index in [1.807, 2.05) is 0 Å². The molecular weight excluding hydrogens is 211 g/mol. The molecule has 0 radical (unpaired) electrons. The molecule has 0 aliphatic carbocycles. The minimum Gasteiger partial charge on any atom is -0.382 e. The minimum absolute atomic E-state index is 0.252. The van der Waals surface area contributed by atoms with Gasteiger partial charge in [0.05, 0.1) is 0 Å². The fourth-order valence-electron chi connectivity index (χ4n) is 0.815. The number of aliphatic hydroxyl groups excluding tert-OH is 1. The molecule has 1 nitrogen and oxygen atoms in total. The van der Waals surface area contributed by atoms with Crippen molar-refractivity contribution in [1.82, 2.24) is 0 Å². The third-order valence-electron chi connectivity index (χ3n) is 1.32. The first-order valence-corrected chi connectivity index (χ1v) is 4.16. The first kappa shape index (κ1) is 8.68. The van der Waals surface area contributed by atoms with Gasteiger partial charge >= 0.3 is 0 Å². The molecule has 0 amide bonds. The van der Waals surface area contributed by atoms with E-state index in [4.69, 9.17) is 5.11 Å². The Balaban J connectivity index is 2.66. The van der Waals surface area contributed by atoms with E-state index in [0.29, 0.717) is 6.42 Å². The molecule has 0 heterocycles. The molecule has 0 spiro atoms. The summed E-state index contributed by atoms with van der Waals surface area (Å²) < 4.78 is 12.3. The molecule has 0 bridgehead atoms. The largest absolute Gasteiger partial charge is 0.382 e. The number of hydrogen-bond acceptors (Lipinski definition) is 1. The topological polar surface area (TPSA) is 20.2 Å². The minimum atomic E-state index is -0.548. The van der Waals surface area contributed by atoms with Gasteiger partial charge in [0.2, 0.25) is 0 Å². The zero-order valence-electron chi connectivity index (χ0n) is 5.80. The van der Waals surface area contributed by atoms with Gasteiger partial charge in [-0.15, -0.1) is 0 Å². The van der Waals surface area contributed by atoms with Gasteiger partial charge in [0.25, 0.3) is 0 Å². The molecule has 0 saturated heterocycles. The summed E-state index contributed by atoms with van der Waals surface area (Å²) in [5.74, 6) is -0.252. The van der Waals surface area contributed by atoms with Crippen LogP contribution in [0, 0.1) is 5.82 Å². The molecule has 1 atom stereocenters. The molecule has 60 valence electrons. The number of alkyl halides is 1. The standard InChI is InChI=1S/C8H8BrFO/c9-8(11)5-6-1-3-7(10)4-2-6/h1-4,8,11H,5H2. The lowest BCUT2D eigenvalue weighted by Crippen LogP contribution is -1.99. The average molecular weight is 219 g/mol. The van der Waals surface area contributed by atoms with Crippen molar-refractivity contribution < 1.29 is 9.50 Å². The summed E-state index contributed by atoms with van der Waals surface area (Å²) in [6.45, 7) is 0. The fourth-order valence-corrected chi connectivity index (χ4v) is 1.19. The summed E-state index contributed by atoms with van der Waals surface area (Å²) in [5, 5.41) is 8.35. The van der Waals surface area contributed by atoms with Crippen molar-refractivity contribution in [3.05, 3.63) is 35.6 Å². The normalized spacial score (nSPS) is 13.0. The highest BCUT2D eigenvalue weighted by Crippen LogP contribution is 2.08. The lowest BCUT2D eigenvalue weighted by Gasteiger charge is -2.01. The number of aliphatic hydroxyl groups is 1. The van der Waals surface area contributed by atoms with Crippen LogP contribution in [0.4, 0.5) is 4.39 Å². The third kappa shape index (κ3) is 2.99. The molecule has 1 N–H and O–H groups in total. The van der Waals surface area contributed by atoms with Crippen molar-refractivity contribution in [1.29, 1.82) is 0 Å². The Morgan fingerprint density at radius 3 is 2.36 bits per heavy atom. The summed E-state index contributed by atoms with van der Waals surface area (Å²) in [6, 6.07) is 6.06. The Morgan fingerprint density at radius 1 is 1.36 bits per heavy atom. The Bertz CT molecular complexity index is 220. The van der Waals surface area contributed by atoms with E-state index in [1.54, 1.807) is 12.1 Å². The van der Waals surface area contributed by atoms with Crippen LogP contribution in [0.1, 0.15) is 5.56 Å². The molecule has 0 fully saturated rings. The molecule has 0 aliphatic rings. The summed E-state index contributed by atoms with van der Waals surface area (Å²) in [7, 11) is 0. The summed E-state index contributed by atoms with van der Waals surface area (Å²) in [5.41, 5.74) is 0.913. The second-order valence-corrected chi connectivity index (χ2v) is 3.32. The van der Waals surface area contributed by atoms with E-state index in [0.717, 1.165) is 5.56 Å². The highest BCUT2D eigenvalue weighted by atomic mass is 79.9. The Hall–Kier alpha value is -0.410. The molecule has 0 aromatic heterocycles. The Labute approximate surface area is 73.0 Å². The maximum absolute atomic E-state index is 12.3. The van der Waals surface area contributed by atoms with Crippen molar-refractivity contribution in [3.8, 4) is 0 Å². The zero-order chi connectivity index (χ0) is 8.27. The van der Waals surface area contributed by atoms with E-state index >= 15 is 0 Å². The van der Waals surface area contributed by atoms with E-state index in [1.165, 1.54) is 12.1 Å². The van der Waals surface area contributed by atoms with Crippen LogP contribution < -0.4 is 0 Å². The van der Waals surface area contributed by atoms with Crippen molar-refractivity contribution >= 4 is 15.9 Å². The number of halogens is 2. The molecule has 1 aromatic carbocycles. The first-order chi connectivity index (χ1) is 5.18. The summed E-state index contributed by atoms with van der Waals surface area (Å²) in [6.07, 6.45) is 0.500. The molecule has 1 unspecified atom stereocenters. The lowest BCUT2D eigenvalue weighted by molar-refractivity contribution is 0.271. The van der Waals surface area contributed by atoms with Crippen molar-refractivity contribution in [2.75, 3.05) is 0 Å². The van der Waals surface area contributed by atoms with E-state index in [-0.39, 0.29) is 5.82 Å². The van der Waals surface area contributed by atoms with Crippen LogP contribution in [0.5, 0.6) is 0 Å². The maximum atomic E-state index is 12.3. The van der Waals surface area contributed by atoms with E-state index in [9.17, 15) is 4.39 Å². The van der Waals surface area contributed by atoms with Crippen LogP contribution in [-0.4, -0.2) is 10.1 Å². The molecule has 1 rings (SSSR count). The smallest absolute Gasteiger partial charge is 0.123 e. The molecule has 0 aliphatic heterocycles. The van der Waals surface area contributed by atoms with Crippen LogP contribution in [0.25, 0.3) is 0 Å². The van der Waals surface area contributed by atoms with Crippen LogP contribution in [0.15, 0.2) is 24.3 Å². The van der Waals surface area contributed by atoms with E-state index < -0.39 is 5.01 Å². The molecule has 11 heavy (non-hydrogen) atoms. The van der Waals surface area contributed by atoms with Crippen LogP contribution in [-0.2, 0) is 6.42 Å². The van der Waals surface area contributed by atoms with Gasteiger partial charge in [-0.3, -0.25) is 0 Å². The highest BCUT2D eigenvalue weighted by Gasteiger charge is 1.99. The summed E-state index contributed by atoms with van der Waals surface area (Å²) in [4.78, 5) is 0. The van der Waals surface area contributed by atoms with Gasteiger partial charge in [-0.05, 0) is 17.7 Å². The van der Waals surface area contributed by atoms with Crippen molar-refractivity contribution in [3.63, 3.8) is 0 Å². The Kier molecular flexibility index (Phi) is 3.02. The Morgan fingerprint density at radius 2 is 1.91 bits per heavy atom. The maximum Gasteiger partial charge on any atom is 0.123 e. The van der Waals surface area contributed by atoms with Gasteiger partial charge in [-0.25, -0.2) is 4.39 Å². The number of hydrogen-bond donors (Lipinski definition) is 1. The molecule has 1 aromatic rings. The van der Waals surface area contributed by atoms with Crippen LogP contribution in [0.3, 0.4) is 0 Å². The predicted octanol–water partition coefficient (Wildman–Crippen LogP) is 2.08.